The number of nitrogens with one attached hydrogen (secondary N) is 1. The molecule has 1 saturated heterocycles. The summed E-state index contributed by atoms with van der Waals surface area (Å²) in [5.74, 6) is -2.04. The smallest absolute Gasteiger partial charge is 0.271 e. The van der Waals surface area contributed by atoms with Crippen LogP contribution in [-0.2, 0) is 0 Å². The van der Waals surface area contributed by atoms with Gasteiger partial charge in [-0.15, -0.1) is 11.3 Å². The minimum absolute atomic E-state index is 0.00339. The number of fused-ring (bicyclic) bond motifs is 1. The molecular formula is C25H19F2N5O3S. The highest BCUT2D eigenvalue weighted by atomic mass is 32.1. The Morgan fingerprint density at radius 3 is 2.75 bits per heavy atom. The topological polar surface area (TPSA) is 99.7 Å². The Labute approximate surface area is 208 Å². The Hall–Kier alpha value is -4.30. The molecule has 36 heavy (non-hydrogen) atoms. The molecule has 5 rings (SSSR count). The molecule has 0 saturated carbocycles. The first-order chi connectivity index (χ1) is 17.4. The zero-order chi connectivity index (χ0) is 25.2. The first-order valence-electron chi connectivity index (χ1n) is 11.1. The van der Waals surface area contributed by atoms with Gasteiger partial charge in [0.1, 0.15) is 17.5 Å². The largest absolute Gasteiger partial charge is 0.487 e. The van der Waals surface area contributed by atoms with Crippen molar-refractivity contribution in [2.45, 2.75) is 18.9 Å². The molecule has 0 aliphatic carbocycles. The highest BCUT2D eigenvalue weighted by Gasteiger charge is 2.25. The number of thiazole rings is 1. The first-order valence-corrected chi connectivity index (χ1v) is 12.0. The third-order valence-corrected chi connectivity index (χ3v) is 6.70. The number of halogens is 2. The van der Waals surface area contributed by atoms with Crippen molar-refractivity contribution in [2.75, 3.05) is 23.3 Å². The van der Waals surface area contributed by atoms with Gasteiger partial charge in [-0.25, -0.2) is 13.8 Å². The molecule has 4 aromatic rings. The van der Waals surface area contributed by atoms with Gasteiger partial charge in [0, 0.05) is 49.8 Å². The number of rotatable bonds is 5. The van der Waals surface area contributed by atoms with E-state index in [2.05, 4.69) is 16.4 Å². The molecule has 3 heterocycles. The lowest BCUT2D eigenvalue weighted by Gasteiger charge is -2.34. The minimum Gasteiger partial charge on any atom is -0.487 e. The lowest BCUT2D eigenvalue weighted by Crippen LogP contribution is -2.39. The molecule has 11 heteroatoms. The number of hydrogen-bond acceptors (Lipinski definition) is 7. The third kappa shape index (κ3) is 4.63. The molecule has 0 unspecified atom stereocenters. The average Bonchev–Trinajstić information content (AvgIpc) is 3.36. The summed E-state index contributed by atoms with van der Waals surface area (Å²) in [6.07, 6.45) is 3.65. The zero-order valence-corrected chi connectivity index (χ0v) is 19.6. The number of piperidine rings is 1. The molecule has 1 aliphatic rings. The van der Waals surface area contributed by atoms with Crippen LogP contribution in [0.25, 0.3) is 4.96 Å². The molecule has 1 fully saturated rings. The number of aromatic nitrogens is 2. The number of benzene rings is 2. The van der Waals surface area contributed by atoms with Crippen LogP contribution in [0.5, 0.6) is 5.75 Å². The van der Waals surface area contributed by atoms with Gasteiger partial charge in [-0.2, -0.15) is 5.26 Å². The van der Waals surface area contributed by atoms with Crippen molar-refractivity contribution in [3.63, 3.8) is 0 Å². The minimum atomic E-state index is -0.749. The normalized spacial score (nSPS) is 14.0. The number of hydrogen-bond donors (Lipinski definition) is 1. The summed E-state index contributed by atoms with van der Waals surface area (Å²) in [6, 6.07) is 10.2. The van der Waals surface area contributed by atoms with E-state index in [-0.39, 0.29) is 17.4 Å². The quantitative estimate of drug-likeness (QED) is 0.435. The maximum atomic E-state index is 14.0. The predicted molar refractivity (Wildman–Crippen MR) is 131 cm³/mol. The van der Waals surface area contributed by atoms with Crippen molar-refractivity contribution >= 4 is 33.6 Å². The van der Waals surface area contributed by atoms with Crippen molar-refractivity contribution in [3.8, 4) is 11.8 Å². The van der Waals surface area contributed by atoms with Crippen LogP contribution in [0.1, 0.15) is 28.8 Å². The highest BCUT2D eigenvalue weighted by molar-refractivity contribution is 7.15. The fourth-order valence-electron chi connectivity index (χ4n) is 4.12. The molecule has 0 radical (unpaired) electrons. The van der Waals surface area contributed by atoms with Gasteiger partial charge in [0.05, 0.1) is 23.0 Å². The molecular weight excluding hydrogens is 488 g/mol. The average molecular weight is 508 g/mol. The number of nitrogens with zero attached hydrogens (tertiary/aromatic N) is 4. The van der Waals surface area contributed by atoms with E-state index in [0.29, 0.717) is 47.8 Å². The van der Waals surface area contributed by atoms with Gasteiger partial charge in [0.25, 0.3) is 11.5 Å². The fraction of sp³-hybridized carbons (Fsp3) is 0.200. The maximum absolute atomic E-state index is 14.0. The number of amides is 1. The van der Waals surface area contributed by atoms with Gasteiger partial charge >= 0.3 is 0 Å². The van der Waals surface area contributed by atoms with Gasteiger partial charge in [0.2, 0.25) is 0 Å². The van der Waals surface area contributed by atoms with Crippen LogP contribution >= 0.6 is 11.3 Å². The molecule has 1 aliphatic heterocycles. The number of carbonyl (C=O) groups excluding carboxylic acids is 1. The summed E-state index contributed by atoms with van der Waals surface area (Å²) in [7, 11) is 0. The molecule has 1 N–H and O–H groups in total. The summed E-state index contributed by atoms with van der Waals surface area (Å²) < 4.78 is 34.2. The van der Waals surface area contributed by atoms with Crippen molar-refractivity contribution in [2.24, 2.45) is 0 Å². The van der Waals surface area contributed by atoms with Crippen LogP contribution in [-0.4, -0.2) is 34.5 Å². The molecule has 2 aromatic carbocycles. The Kier molecular flexibility index (Phi) is 6.35. The number of ether oxygens (including phenoxy) is 1. The van der Waals surface area contributed by atoms with Gasteiger partial charge < -0.3 is 15.0 Å². The highest BCUT2D eigenvalue weighted by Crippen LogP contribution is 2.31. The first kappa shape index (κ1) is 23.4. The van der Waals surface area contributed by atoms with Crippen LogP contribution in [0.4, 0.5) is 20.2 Å². The van der Waals surface area contributed by atoms with Crippen LogP contribution < -0.4 is 20.5 Å². The van der Waals surface area contributed by atoms with E-state index in [1.54, 1.807) is 29.8 Å². The van der Waals surface area contributed by atoms with Crippen molar-refractivity contribution < 1.29 is 18.3 Å². The van der Waals surface area contributed by atoms with Crippen LogP contribution in [0.15, 0.2) is 59.0 Å². The third-order valence-electron chi connectivity index (χ3n) is 5.93. The van der Waals surface area contributed by atoms with E-state index in [9.17, 15) is 23.6 Å². The van der Waals surface area contributed by atoms with Gasteiger partial charge in [-0.3, -0.25) is 14.0 Å². The van der Waals surface area contributed by atoms with Crippen LogP contribution in [0.3, 0.4) is 0 Å². The molecule has 1 amide bonds. The Morgan fingerprint density at radius 2 is 2.00 bits per heavy atom. The number of nitriles is 1. The Bertz CT molecular complexity index is 1550. The summed E-state index contributed by atoms with van der Waals surface area (Å²) in [5.41, 5.74) is 0.814. The molecule has 0 atom stereocenters. The molecule has 2 aromatic heterocycles. The fourth-order valence-corrected chi connectivity index (χ4v) is 4.79. The Balaban J connectivity index is 1.33. The van der Waals surface area contributed by atoms with E-state index in [1.807, 2.05) is 4.90 Å². The second kappa shape index (κ2) is 9.75. The maximum Gasteiger partial charge on any atom is 0.271 e. The monoisotopic (exact) mass is 507 g/mol. The van der Waals surface area contributed by atoms with E-state index in [1.165, 1.54) is 28.0 Å². The predicted octanol–water partition coefficient (Wildman–Crippen LogP) is 4.21. The standard InChI is InChI=1S/C25H19F2N5O3S/c26-16-2-4-22(19(27)12-16)35-17-5-7-31(8-6-17)21-3-1-15(13-28)11-20(21)30-23(33)18-14-29-25-32(24(18)34)9-10-36-25/h1-4,9-12,14,17H,5-8H2,(H,30,33). The number of carbonyl (C=O) groups is 1. The molecule has 182 valence electrons. The van der Waals surface area contributed by atoms with Crippen molar-refractivity contribution in [3.05, 3.63) is 87.3 Å². The second-order valence-electron chi connectivity index (χ2n) is 8.21. The zero-order valence-electron chi connectivity index (χ0n) is 18.8. The molecule has 8 nitrogen and oxygen atoms in total. The van der Waals surface area contributed by atoms with Crippen molar-refractivity contribution in [1.29, 1.82) is 5.26 Å². The summed E-state index contributed by atoms with van der Waals surface area (Å²) >= 11 is 1.28. The summed E-state index contributed by atoms with van der Waals surface area (Å²) in [5, 5.41) is 13.8. The molecule has 0 spiro atoms. The van der Waals surface area contributed by atoms with Crippen LogP contribution in [0.2, 0.25) is 0 Å². The second-order valence-corrected chi connectivity index (χ2v) is 9.08. The van der Waals surface area contributed by atoms with E-state index < -0.39 is 23.1 Å². The summed E-state index contributed by atoms with van der Waals surface area (Å²) in [6.45, 7) is 1.07. The lowest BCUT2D eigenvalue weighted by molar-refractivity contribution is 0.102. The SMILES string of the molecule is N#Cc1ccc(N2CCC(Oc3ccc(F)cc3F)CC2)c(NC(=O)c2cnc3sccn3c2=O)c1. The van der Waals surface area contributed by atoms with E-state index in [0.717, 1.165) is 12.1 Å². The van der Waals surface area contributed by atoms with Gasteiger partial charge in [-0.05, 0) is 30.3 Å². The van der Waals surface area contributed by atoms with Gasteiger partial charge in [-0.1, -0.05) is 0 Å². The van der Waals surface area contributed by atoms with Crippen LogP contribution in [0, 0.1) is 23.0 Å². The van der Waals surface area contributed by atoms with E-state index >= 15 is 0 Å². The summed E-state index contributed by atoms with van der Waals surface area (Å²) in [4.78, 5) is 32.4. The van der Waals surface area contributed by atoms with E-state index in [4.69, 9.17) is 4.74 Å². The molecule has 0 bridgehead atoms. The van der Waals surface area contributed by atoms with Gasteiger partial charge in [0.15, 0.2) is 16.5 Å². The Morgan fingerprint density at radius 1 is 1.19 bits per heavy atom. The number of anilines is 2. The van der Waals surface area contributed by atoms with Crippen molar-refractivity contribution in [1.82, 2.24) is 9.38 Å². The lowest BCUT2D eigenvalue weighted by atomic mass is 10.1.